The molecular weight excluding hydrogens is 185 g/mol. The van der Waals surface area contributed by atoms with E-state index in [9.17, 15) is 4.39 Å². The molecule has 0 atom stereocenters. The molecule has 0 aliphatic heterocycles. The maximum atomic E-state index is 12.7. The first-order valence-corrected chi connectivity index (χ1v) is 3.29. The van der Waals surface area contributed by atoms with Crippen LogP contribution < -0.4 is 4.74 Å². The molecule has 0 saturated carbocycles. The lowest BCUT2D eigenvalue weighted by Crippen LogP contribution is -1.99. The molecule has 1 aromatic heterocycles. The number of hydrogen-bond acceptors (Lipinski definition) is 4. The van der Waals surface area contributed by atoms with Gasteiger partial charge in [-0.05, 0) is 11.6 Å². The molecule has 0 aliphatic rings. The molecule has 0 aliphatic carbocycles. The standard InChI is InChI=1S/C6H3ClFN3O/c7-6-10-3-4(8)5(11-6)12-2-1-9/h3H,2H2. The van der Waals surface area contributed by atoms with Crippen LogP contribution in [-0.4, -0.2) is 16.6 Å². The van der Waals surface area contributed by atoms with E-state index in [0.29, 0.717) is 0 Å². The minimum atomic E-state index is -0.741. The molecule has 0 radical (unpaired) electrons. The van der Waals surface area contributed by atoms with Crippen LogP contribution in [0.4, 0.5) is 4.39 Å². The Morgan fingerprint density at radius 1 is 1.75 bits per heavy atom. The third kappa shape index (κ3) is 2.04. The number of hydrogen-bond donors (Lipinski definition) is 0. The van der Waals surface area contributed by atoms with Crippen LogP contribution in [0, 0.1) is 17.1 Å². The van der Waals surface area contributed by atoms with Crippen molar-refractivity contribution in [3.05, 3.63) is 17.3 Å². The van der Waals surface area contributed by atoms with E-state index in [-0.39, 0.29) is 17.8 Å². The lowest BCUT2D eigenvalue weighted by molar-refractivity contribution is 0.329. The Kier molecular flexibility index (Phi) is 2.77. The normalized spacial score (nSPS) is 9.08. The summed E-state index contributed by atoms with van der Waals surface area (Å²) in [6.07, 6.45) is 0.877. The summed E-state index contributed by atoms with van der Waals surface area (Å²) in [7, 11) is 0. The summed E-state index contributed by atoms with van der Waals surface area (Å²) in [4.78, 5) is 6.78. The molecule has 0 unspecified atom stereocenters. The third-order valence-electron chi connectivity index (χ3n) is 0.956. The Morgan fingerprint density at radius 2 is 2.50 bits per heavy atom. The van der Waals surface area contributed by atoms with E-state index in [0.717, 1.165) is 6.20 Å². The fraction of sp³-hybridized carbons (Fsp3) is 0.167. The molecule has 1 rings (SSSR count). The van der Waals surface area contributed by atoms with Crippen molar-refractivity contribution in [2.45, 2.75) is 0 Å². The largest absolute Gasteiger partial charge is 0.460 e. The van der Waals surface area contributed by atoms with Crippen LogP contribution >= 0.6 is 11.6 Å². The van der Waals surface area contributed by atoms with Crippen molar-refractivity contribution >= 4 is 11.6 Å². The lowest BCUT2D eigenvalue weighted by Gasteiger charge is -1.99. The molecule has 1 heterocycles. The third-order valence-corrected chi connectivity index (χ3v) is 1.14. The van der Waals surface area contributed by atoms with Crippen LogP contribution in [0.3, 0.4) is 0 Å². The summed E-state index contributed by atoms with van der Waals surface area (Å²) < 4.78 is 17.3. The first-order chi connectivity index (χ1) is 5.74. The van der Waals surface area contributed by atoms with Crippen molar-refractivity contribution in [1.29, 1.82) is 5.26 Å². The van der Waals surface area contributed by atoms with Crippen LogP contribution in [0.2, 0.25) is 5.28 Å². The highest BCUT2D eigenvalue weighted by Gasteiger charge is 2.05. The molecule has 1 aromatic rings. The van der Waals surface area contributed by atoms with Gasteiger partial charge in [0.25, 0.3) is 5.88 Å². The zero-order valence-corrected chi connectivity index (χ0v) is 6.55. The topological polar surface area (TPSA) is 58.8 Å². The van der Waals surface area contributed by atoms with Gasteiger partial charge in [0, 0.05) is 0 Å². The Morgan fingerprint density at radius 3 is 3.17 bits per heavy atom. The molecule has 12 heavy (non-hydrogen) atoms. The van der Waals surface area contributed by atoms with E-state index in [1.807, 2.05) is 0 Å². The van der Waals surface area contributed by atoms with Crippen molar-refractivity contribution in [3.63, 3.8) is 0 Å². The second kappa shape index (κ2) is 3.83. The summed E-state index contributed by atoms with van der Waals surface area (Å²) in [5.74, 6) is -1.05. The highest BCUT2D eigenvalue weighted by atomic mass is 35.5. The summed E-state index contributed by atoms with van der Waals surface area (Å²) in [5, 5.41) is 7.99. The van der Waals surface area contributed by atoms with Crippen LogP contribution in [0.1, 0.15) is 0 Å². The van der Waals surface area contributed by atoms with Crippen molar-refractivity contribution in [2.75, 3.05) is 6.61 Å². The first kappa shape index (κ1) is 8.68. The Labute approximate surface area is 72.6 Å². The van der Waals surface area contributed by atoms with Gasteiger partial charge in [-0.1, -0.05) is 0 Å². The zero-order chi connectivity index (χ0) is 8.97. The molecule has 0 saturated heterocycles. The van der Waals surface area contributed by atoms with Gasteiger partial charge in [-0.2, -0.15) is 14.6 Å². The van der Waals surface area contributed by atoms with Gasteiger partial charge in [0.15, 0.2) is 6.61 Å². The predicted molar refractivity (Wildman–Crippen MR) is 38.1 cm³/mol. The average Bonchev–Trinajstić information content (AvgIpc) is 2.07. The molecule has 4 nitrogen and oxygen atoms in total. The molecule has 0 spiro atoms. The molecule has 0 aromatic carbocycles. The fourth-order valence-corrected chi connectivity index (χ4v) is 0.659. The van der Waals surface area contributed by atoms with Crippen LogP contribution in [0.25, 0.3) is 0 Å². The van der Waals surface area contributed by atoms with Crippen molar-refractivity contribution < 1.29 is 9.13 Å². The lowest BCUT2D eigenvalue weighted by atomic mass is 10.6. The molecule has 0 bridgehead atoms. The second-order valence-corrected chi connectivity index (χ2v) is 2.08. The minimum Gasteiger partial charge on any atom is -0.460 e. The monoisotopic (exact) mass is 187 g/mol. The second-order valence-electron chi connectivity index (χ2n) is 1.74. The van der Waals surface area contributed by atoms with E-state index < -0.39 is 5.82 Å². The van der Waals surface area contributed by atoms with Crippen molar-refractivity contribution in [1.82, 2.24) is 9.97 Å². The molecule has 0 fully saturated rings. The molecular formula is C6H3ClFN3O. The summed E-state index contributed by atoms with van der Waals surface area (Å²) >= 11 is 5.34. The number of nitrogens with zero attached hydrogens (tertiary/aromatic N) is 3. The fourth-order valence-electron chi connectivity index (χ4n) is 0.533. The number of ether oxygens (including phenoxy) is 1. The maximum Gasteiger partial charge on any atom is 0.255 e. The summed E-state index contributed by atoms with van der Waals surface area (Å²) in [5.41, 5.74) is 0. The predicted octanol–water partition coefficient (Wildman–Crippen LogP) is 1.17. The van der Waals surface area contributed by atoms with Gasteiger partial charge in [0.05, 0.1) is 6.20 Å². The molecule has 0 N–H and O–H groups in total. The van der Waals surface area contributed by atoms with Gasteiger partial charge in [-0.15, -0.1) is 0 Å². The number of nitriles is 1. The van der Waals surface area contributed by atoms with Crippen LogP contribution in [0.15, 0.2) is 6.20 Å². The van der Waals surface area contributed by atoms with Gasteiger partial charge in [-0.3, -0.25) is 0 Å². The quantitative estimate of drug-likeness (QED) is 0.653. The number of rotatable bonds is 2. The van der Waals surface area contributed by atoms with Gasteiger partial charge in [-0.25, -0.2) is 4.98 Å². The molecule has 62 valence electrons. The zero-order valence-electron chi connectivity index (χ0n) is 5.79. The van der Waals surface area contributed by atoms with E-state index in [1.54, 1.807) is 6.07 Å². The molecule has 6 heteroatoms. The first-order valence-electron chi connectivity index (χ1n) is 2.92. The van der Waals surface area contributed by atoms with E-state index in [2.05, 4.69) is 14.7 Å². The highest BCUT2D eigenvalue weighted by Crippen LogP contribution is 2.13. The van der Waals surface area contributed by atoms with Gasteiger partial charge in [0.2, 0.25) is 11.1 Å². The summed E-state index contributed by atoms with van der Waals surface area (Å²) in [6.45, 7) is -0.274. The highest BCUT2D eigenvalue weighted by molar-refractivity contribution is 6.28. The number of halogens is 2. The van der Waals surface area contributed by atoms with Crippen molar-refractivity contribution in [3.8, 4) is 11.9 Å². The van der Waals surface area contributed by atoms with E-state index in [1.165, 1.54) is 0 Å². The van der Waals surface area contributed by atoms with E-state index in [4.69, 9.17) is 16.9 Å². The van der Waals surface area contributed by atoms with Crippen molar-refractivity contribution in [2.24, 2.45) is 0 Å². The van der Waals surface area contributed by atoms with E-state index >= 15 is 0 Å². The Balaban J connectivity index is 2.84. The number of aromatic nitrogens is 2. The van der Waals surface area contributed by atoms with Gasteiger partial charge < -0.3 is 4.74 Å². The Hall–Kier alpha value is -1.41. The minimum absolute atomic E-state index is 0.121. The Bertz CT molecular complexity index is 325. The van der Waals surface area contributed by atoms with Gasteiger partial charge >= 0.3 is 0 Å². The van der Waals surface area contributed by atoms with Gasteiger partial charge in [0.1, 0.15) is 6.07 Å². The molecule has 0 amide bonds. The SMILES string of the molecule is N#CCOc1nc(Cl)ncc1F. The van der Waals surface area contributed by atoms with Crippen LogP contribution in [-0.2, 0) is 0 Å². The average molecular weight is 188 g/mol. The smallest absolute Gasteiger partial charge is 0.255 e. The summed E-state index contributed by atoms with van der Waals surface area (Å²) in [6, 6.07) is 1.67. The maximum absolute atomic E-state index is 12.7. The van der Waals surface area contributed by atoms with Crippen LogP contribution in [0.5, 0.6) is 5.88 Å².